The van der Waals surface area contributed by atoms with Gasteiger partial charge in [-0.2, -0.15) is 0 Å². The van der Waals surface area contributed by atoms with E-state index in [-0.39, 0.29) is 17.4 Å². The Bertz CT molecular complexity index is 913. The Kier molecular flexibility index (Phi) is 6.14. The van der Waals surface area contributed by atoms with Gasteiger partial charge in [-0.05, 0) is 50.8 Å². The van der Waals surface area contributed by atoms with E-state index in [0.717, 1.165) is 36.2 Å². The Morgan fingerprint density at radius 2 is 1.82 bits per heavy atom. The number of thiophene rings is 1. The molecule has 7 heteroatoms. The first-order valence-electron chi connectivity index (χ1n) is 9.31. The minimum absolute atomic E-state index is 0.0941. The van der Waals surface area contributed by atoms with Crippen LogP contribution in [0.25, 0.3) is 0 Å². The second-order valence-corrected chi connectivity index (χ2v) is 7.95. The standard InChI is InChI=1S/C21H24N2O4S/c1-13-8-7-9-15(12-13)18(24)22-19-16(21(26)27-3)14(2)17(28-19)20(25)23-10-5-4-6-11-23/h7-9,12H,4-6,10-11H2,1-3H3,(H,22,24). The molecule has 0 radical (unpaired) electrons. The predicted octanol–water partition coefficient (Wildman–Crippen LogP) is 4.03. The van der Waals surface area contributed by atoms with E-state index < -0.39 is 5.97 Å². The number of piperidine rings is 1. The number of hydrogen-bond acceptors (Lipinski definition) is 5. The molecule has 2 amide bonds. The molecule has 1 aliphatic heterocycles. The number of amides is 2. The van der Waals surface area contributed by atoms with Crippen molar-refractivity contribution in [1.29, 1.82) is 0 Å². The van der Waals surface area contributed by atoms with Crippen molar-refractivity contribution < 1.29 is 19.1 Å². The van der Waals surface area contributed by atoms with Crippen molar-refractivity contribution in [2.75, 3.05) is 25.5 Å². The fraction of sp³-hybridized carbons (Fsp3) is 0.381. The summed E-state index contributed by atoms with van der Waals surface area (Å²) in [4.78, 5) is 40.3. The molecule has 0 bridgehead atoms. The molecule has 0 aliphatic carbocycles. The van der Waals surface area contributed by atoms with Crippen molar-refractivity contribution >= 4 is 34.1 Å². The van der Waals surface area contributed by atoms with Crippen molar-refractivity contribution in [3.63, 3.8) is 0 Å². The molecule has 1 fully saturated rings. The number of likely N-dealkylation sites (tertiary alicyclic amines) is 1. The van der Waals surface area contributed by atoms with Crippen LogP contribution in [0.3, 0.4) is 0 Å². The van der Waals surface area contributed by atoms with Gasteiger partial charge >= 0.3 is 5.97 Å². The number of hydrogen-bond donors (Lipinski definition) is 1. The van der Waals surface area contributed by atoms with Crippen LogP contribution in [0.2, 0.25) is 0 Å². The Labute approximate surface area is 168 Å². The number of aryl methyl sites for hydroxylation is 1. The van der Waals surface area contributed by atoms with E-state index in [1.807, 2.05) is 17.9 Å². The Hall–Kier alpha value is -2.67. The van der Waals surface area contributed by atoms with E-state index in [1.54, 1.807) is 25.1 Å². The maximum absolute atomic E-state index is 13.0. The molecule has 1 aromatic carbocycles. The number of rotatable bonds is 4. The third-order valence-corrected chi connectivity index (χ3v) is 6.08. The Morgan fingerprint density at radius 3 is 2.46 bits per heavy atom. The van der Waals surface area contributed by atoms with Crippen LogP contribution < -0.4 is 5.32 Å². The maximum atomic E-state index is 13.0. The van der Waals surface area contributed by atoms with E-state index in [2.05, 4.69) is 5.32 Å². The summed E-state index contributed by atoms with van der Waals surface area (Å²) in [6, 6.07) is 7.19. The number of ether oxygens (including phenoxy) is 1. The van der Waals surface area contributed by atoms with Crippen LogP contribution in [0.1, 0.15) is 60.8 Å². The summed E-state index contributed by atoms with van der Waals surface area (Å²) in [7, 11) is 1.29. The summed E-state index contributed by atoms with van der Waals surface area (Å²) in [5.41, 5.74) is 2.25. The van der Waals surface area contributed by atoms with E-state index in [4.69, 9.17) is 4.74 Å². The van der Waals surface area contributed by atoms with Gasteiger partial charge in [0.05, 0.1) is 17.6 Å². The van der Waals surface area contributed by atoms with Crippen LogP contribution in [0, 0.1) is 13.8 Å². The van der Waals surface area contributed by atoms with Gasteiger partial charge in [-0.3, -0.25) is 9.59 Å². The summed E-state index contributed by atoms with van der Waals surface area (Å²) in [5.74, 6) is -0.985. The normalized spacial score (nSPS) is 13.9. The van der Waals surface area contributed by atoms with Crippen molar-refractivity contribution in [3.8, 4) is 0 Å². The highest BCUT2D eigenvalue weighted by Gasteiger charge is 2.29. The summed E-state index contributed by atoms with van der Waals surface area (Å²) in [6.07, 6.45) is 3.09. The first kappa shape index (κ1) is 20.1. The molecule has 0 spiro atoms. The zero-order valence-electron chi connectivity index (χ0n) is 16.3. The van der Waals surface area contributed by atoms with Crippen LogP contribution in [-0.2, 0) is 4.74 Å². The molecule has 2 aromatic rings. The zero-order valence-corrected chi connectivity index (χ0v) is 17.1. The minimum Gasteiger partial charge on any atom is -0.465 e. The average molecular weight is 401 g/mol. The first-order valence-corrected chi connectivity index (χ1v) is 10.1. The SMILES string of the molecule is COC(=O)c1c(NC(=O)c2cccc(C)c2)sc(C(=O)N2CCCCC2)c1C. The van der Waals surface area contributed by atoms with Crippen LogP contribution in [-0.4, -0.2) is 42.9 Å². The quantitative estimate of drug-likeness (QED) is 0.786. The number of carbonyl (C=O) groups is 3. The number of methoxy groups -OCH3 is 1. The Morgan fingerprint density at radius 1 is 1.11 bits per heavy atom. The van der Waals surface area contributed by atoms with Crippen molar-refractivity contribution in [3.05, 3.63) is 51.4 Å². The molecule has 6 nitrogen and oxygen atoms in total. The summed E-state index contributed by atoms with van der Waals surface area (Å²) < 4.78 is 4.89. The molecule has 2 heterocycles. The number of nitrogens with one attached hydrogen (secondary N) is 1. The van der Waals surface area contributed by atoms with Gasteiger partial charge in [0.1, 0.15) is 5.00 Å². The van der Waals surface area contributed by atoms with Crippen LogP contribution in [0.15, 0.2) is 24.3 Å². The van der Waals surface area contributed by atoms with E-state index in [0.29, 0.717) is 34.1 Å². The van der Waals surface area contributed by atoms with Gasteiger partial charge in [0.2, 0.25) is 0 Å². The van der Waals surface area contributed by atoms with Gasteiger partial charge in [0.25, 0.3) is 11.8 Å². The summed E-state index contributed by atoms with van der Waals surface area (Å²) in [6.45, 7) is 5.06. The fourth-order valence-electron chi connectivity index (χ4n) is 3.36. The Balaban J connectivity index is 1.94. The average Bonchev–Trinajstić information content (AvgIpc) is 3.03. The molecule has 1 N–H and O–H groups in total. The third-order valence-electron chi connectivity index (χ3n) is 4.88. The van der Waals surface area contributed by atoms with Crippen LogP contribution in [0.5, 0.6) is 0 Å². The van der Waals surface area contributed by atoms with Gasteiger partial charge < -0.3 is 15.0 Å². The monoisotopic (exact) mass is 400 g/mol. The van der Waals surface area contributed by atoms with Crippen molar-refractivity contribution in [2.24, 2.45) is 0 Å². The predicted molar refractivity (Wildman–Crippen MR) is 109 cm³/mol. The molecule has 0 atom stereocenters. The maximum Gasteiger partial charge on any atom is 0.341 e. The van der Waals surface area contributed by atoms with Gasteiger partial charge in [0.15, 0.2) is 0 Å². The summed E-state index contributed by atoms with van der Waals surface area (Å²) in [5, 5.41) is 3.14. The highest BCUT2D eigenvalue weighted by atomic mass is 32.1. The number of benzene rings is 1. The van der Waals surface area contributed by atoms with Crippen LogP contribution in [0.4, 0.5) is 5.00 Å². The minimum atomic E-state index is -0.564. The second-order valence-electron chi connectivity index (χ2n) is 6.93. The highest BCUT2D eigenvalue weighted by molar-refractivity contribution is 7.18. The first-order chi connectivity index (χ1) is 13.4. The lowest BCUT2D eigenvalue weighted by atomic mass is 10.1. The highest BCUT2D eigenvalue weighted by Crippen LogP contribution is 2.35. The molecule has 1 aliphatic rings. The number of nitrogens with zero attached hydrogens (tertiary/aromatic N) is 1. The van der Waals surface area contributed by atoms with Gasteiger partial charge in [-0.25, -0.2) is 4.79 Å². The summed E-state index contributed by atoms with van der Waals surface area (Å²) >= 11 is 1.13. The van der Waals surface area contributed by atoms with Gasteiger partial charge in [-0.15, -0.1) is 11.3 Å². The number of esters is 1. The lowest BCUT2D eigenvalue weighted by Gasteiger charge is -2.26. The number of anilines is 1. The lowest BCUT2D eigenvalue weighted by Crippen LogP contribution is -2.35. The molecule has 3 rings (SSSR count). The molecule has 1 saturated heterocycles. The molecule has 0 unspecified atom stereocenters. The van der Waals surface area contributed by atoms with E-state index >= 15 is 0 Å². The van der Waals surface area contributed by atoms with E-state index in [9.17, 15) is 14.4 Å². The number of carbonyl (C=O) groups excluding carboxylic acids is 3. The van der Waals surface area contributed by atoms with E-state index in [1.165, 1.54) is 7.11 Å². The van der Waals surface area contributed by atoms with Gasteiger partial charge in [0, 0.05) is 18.7 Å². The van der Waals surface area contributed by atoms with Crippen molar-refractivity contribution in [1.82, 2.24) is 4.90 Å². The molecule has 1 aromatic heterocycles. The molecular formula is C21H24N2O4S. The second kappa shape index (κ2) is 8.56. The van der Waals surface area contributed by atoms with Crippen LogP contribution >= 0.6 is 11.3 Å². The largest absolute Gasteiger partial charge is 0.465 e. The molecule has 28 heavy (non-hydrogen) atoms. The van der Waals surface area contributed by atoms with Crippen molar-refractivity contribution in [2.45, 2.75) is 33.1 Å². The van der Waals surface area contributed by atoms with Gasteiger partial charge in [-0.1, -0.05) is 17.7 Å². The smallest absolute Gasteiger partial charge is 0.341 e. The lowest BCUT2D eigenvalue weighted by molar-refractivity contribution is 0.0601. The topological polar surface area (TPSA) is 75.7 Å². The fourth-order valence-corrected chi connectivity index (χ4v) is 4.51. The third kappa shape index (κ3) is 4.09. The molecule has 0 saturated carbocycles. The zero-order chi connectivity index (χ0) is 20.3. The molecule has 148 valence electrons. The molecular weight excluding hydrogens is 376 g/mol.